The van der Waals surface area contributed by atoms with Crippen LogP contribution in [-0.4, -0.2) is 30.5 Å². The van der Waals surface area contributed by atoms with Crippen molar-refractivity contribution in [3.8, 4) is 0 Å². The van der Waals surface area contributed by atoms with Crippen LogP contribution < -0.4 is 14.6 Å². The van der Waals surface area contributed by atoms with Crippen LogP contribution in [0.3, 0.4) is 0 Å². The molecule has 0 bridgehead atoms. The molecule has 0 aliphatic heterocycles. The number of nitrogens with one attached hydrogen (secondary N) is 2. The van der Waals surface area contributed by atoms with Crippen LogP contribution in [0.1, 0.15) is 47.4 Å². The van der Waals surface area contributed by atoms with Crippen molar-refractivity contribution < 1.29 is 27.4 Å². The number of rotatable bonds is 8. The van der Waals surface area contributed by atoms with Gasteiger partial charge < -0.3 is 5.32 Å². The number of allylic oxidation sites excluding steroid dienone is 2. The van der Waals surface area contributed by atoms with E-state index < -0.39 is 21.6 Å². The molecule has 4 rings (SSSR count). The number of anilines is 1. The largest absolute Gasteiger partial charge is 0.326 e. The summed E-state index contributed by atoms with van der Waals surface area (Å²) in [4.78, 5) is 38.0. The summed E-state index contributed by atoms with van der Waals surface area (Å²) < 4.78 is 32.1. The Morgan fingerprint density at radius 2 is 1.66 bits per heavy atom. The number of amides is 1. The third-order valence-corrected chi connectivity index (χ3v) is 6.90. The average Bonchev–Trinajstić information content (AvgIpc) is 3.29. The van der Waals surface area contributed by atoms with Gasteiger partial charge in [0, 0.05) is 23.7 Å². The second kappa shape index (κ2) is 9.67. The highest BCUT2D eigenvalue weighted by Crippen LogP contribution is 2.29. The van der Waals surface area contributed by atoms with Crippen LogP contribution in [0.2, 0.25) is 0 Å². The van der Waals surface area contributed by atoms with E-state index in [1.165, 1.54) is 41.8 Å². The van der Waals surface area contributed by atoms with Crippen molar-refractivity contribution in [2.24, 2.45) is 0 Å². The molecule has 0 fully saturated rings. The molecule has 0 atom stereocenters. The fourth-order valence-electron chi connectivity index (χ4n) is 3.82. The van der Waals surface area contributed by atoms with E-state index in [0.717, 1.165) is 19.4 Å². The Hall–Kier alpha value is -4.05. The van der Waals surface area contributed by atoms with Crippen molar-refractivity contribution in [2.75, 3.05) is 5.32 Å². The monoisotopic (exact) mass is 493 g/mol. The molecule has 1 aliphatic rings. The molecular formula is C25H25N4O5S+. The van der Waals surface area contributed by atoms with Gasteiger partial charge >= 0.3 is 0 Å². The number of aromatic nitrogens is 2. The minimum atomic E-state index is -4.23. The first kappa shape index (κ1) is 24.1. The Labute approximate surface area is 203 Å². The number of nitrogens with zero attached hydrogens (tertiary/aromatic N) is 2. The normalized spacial score (nSPS) is 13.5. The lowest BCUT2D eigenvalue weighted by molar-refractivity contribution is -0.696. The molecule has 1 heterocycles. The summed E-state index contributed by atoms with van der Waals surface area (Å²) in [6, 6.07) is 11.8. The van der Waals surface area contributed by atoms with Crippen molar-refractivity contribution in [1.82, 2.24) is 9.29 Å². The maximum absolute atomic E-state index is 13.5. The summed E-state index contributed by atoms with van der Waals surface area (Å²) in [5.74, 6) is -1.35. The van der Waals surface area contributed by atoms with Gasteiger partial charge in [0.25, 0.3) is 10.0 Å². The van der Waals surface area contributed by atoms with Gasteiger partial charge in [0.15, 0.2) is 0 Å². The summed E-state index contributed by atoms with van der Waals surface area (Å²) in [6.07, 6.45) is 6.98. The zero-order chi connectivity index (χ0) is 25.2. The van der Waals surface area contributed by atoms with E-state index in [1.807, 2.05) is 4.57 Å². The number of imidazole rings is 1. The first-order chi connectivity index (χ1) is 16.7. The topological polar surface area (TPSA) is 118 Å². The third-order valence-electron chi connectivity index (χ3n) is 5.54. The van der Waals surface area contributed by atoms with Crippen LogP contribution in [0.15, 0.2) is 77.8 Å². The molecule has 0 radical (unpaired) electrons. The van der Waals surface area contributed by atoms with Gasteiger partial charge in [0.1, 0.15) is 18.1 Å². The van der Waals surface area contributed by atoms with Crippen LogP contribution in [-0.2, 0) is 21.4 Å². The van der Waals surface area contributed by atoms with E-state index in [-0.39, 0.29) is 33.3 Å². The van der Waals surface area contributed by atoms with Gasteiger partial charge in [-0.2, -0.15) is 4.57 Å². The fraction of sp³-hybridized carbons (Fsp3) is 0.200. The van der Waals surface area contributed by atoms with Crippen LogP contribution >= 0.6 is 0 Å². The number of hydrogen-bond donors (Lipinski definition) is 2. The van der Waals surface area contributed by atoms with E-state index in [2.05, 4.69) is 17.0 Å². The second-order valence-corrected chi connectivity index (χ2v) is 9.83. The highest BCUT2D eigenvalue weighted by Gasteiger charge is 2.38. The number of sulfonamides is 1. The molecule has 3 aromatic rings. The van der Waals surface area contributed by atoms with Gasteiger partial charge in [-0.05, 0) is 30.7 Å². The molecule has 9 nitrogen and oxygen atoms in total. The molecule has 0 saturated carbocycles. The maximum atomic E-state index is 13.5. The molecule has 1 aromatic heterocycles. The number of carbonyl (C=O) groups excluding carboxylic acids is 3. The fourth-order valence-corrected chi connectivity index (χ4v) is 4.89. The number of benzene rings is 2. The Balaban J connectivity index is 1.78. The summed E-state index contributed by atoms with van der Waals surface area (Å²) >= 11 is 0. The zero-order valence-corrected chi connectivity index (χ0v) is 20.1. The van der Waals surface area contributed by atoms with Crippen molar-refractivity contribution in [1.29, 1.82) is 0 Å². The predicted octanol–water partition coefficient (Wildman–Crippen LogP) is 2.76. The Morgan fingerprint density at radius 1 is 1.00 bits per heavy atom. The van der Waals surface area contributed by atoms with Gasteiger partial charge in [0.05, 0.1) is 11.4 Å². The quantitative estimate of drug-likeness (QED) is 0.468. The van der Waals surface area contributed by atoms with Gasteiger partial charge in [-0.3, -0.25) is 19.1 Å². The highest BCUT2D eigenvalue weighted by atomic mass is 32.2. The molecule has 2 N–H and O–H groups in total. The van der Waals surface area contributed by atoms with Gasteiger partial charge in [-0.25, -0.2) is 13.0 Å². The summed E-state index contributed by atoms with van der Waals surface area (Å²) in [6.45, 7) is 4.13. The lowest BCUT2D eigenvalue weighted by Gasteiger charge is -2.19. The lowest BCUT2D eigenvalue weighted by atomic mass is 9.90. The minimum Gasteiger partial charge on any atom is -0.326 e. The Morgan fingerprint density at radius 3 is 2.29 bits per heavy atom. The highest BCUT2D eigenvalue weighted by molar-refractivity contribution is 7.89. The first-order valence-electron chi connectivity index (χ1n) is 11.1. The molecule has 0 unspecified atom stereocenters. The smallest absolute Gasteiger partial charge is 0.262 e. The molecule has 0 saturated heterocycles. The van der Waals surface area contributed by atoms with Crippen LogP contribution in [0, 0.1) is 0 Å². The van der Waals surface area contributed by atoms with E-state index >= 15 is 0 Å². The molecule has 0 spiro atoms. The Bertz CT molecular complexity index is 1450. The average molecular weight is 494 g/mol. The summed E-state index contributed by atoms with van der Waals surface area (Å²) in [5, 5.41) is 2.57. The van der Waals surface area contributed by atoms with Crippen LogP contribution in [0.25, 0.3) is 5.70 Å². The third kappa shape index (κ3) is 4.92. The number of unbranched alkanes of at least 4 members (excludes halogenated alkanes) is 1. The molecule has 180 valence electrons. The maximum Gasteiger partial charge on any atom is 0.262 e. The van der Waals surface area contributed by atoms with Crippen molar-refractivity contribution in [3.63, 3.8) is 0 Å². The molecular weight excluding hydrogens is 468 g/mol. The van der Waals surface area contributed by atoms with Crippen LogP contribution in [0.4, 0.5) is 5.69 Å². The van der Waals surface area contributed by atoms with Gasteiger partial charge in [0.2, 0.25) is 29.5 Å². The van der Waals surface area contributed by atoms with E-state index in [1.54, 1.807) is 36.9 Å². The van der Waals surface area contributed by atoms with Gasteiger partial charge in [-0.1, -0.05) is 37.6 Å². The minimum absolute atomic E-state index is 0.0672. The number of fused-ring (bicyclic) bond motifs is 1. The molecule has 35 heavy (non-hydrogen) atoms. The van der Waals surface area contributed by atoms with Crippen molar-refractivity contribution >= 4 is 38.9 Å². The summed E-state index contributed by atoms with van der Waals surface area (Å²) in [5.41, 5.74) is 0.383. The van der Waals surface area contributed by atoms with E-state index in [9.17, 15) is 22.8 Å². The second-order valence-electron chi connectivity index (χ2n) is 8.15. The molecule has 1 amide bonds. The number of Topliss-reactive ketones (excluding diaryl/α,β-unsaturated/α-hetero) is 2. The Kier molecular flexibility index (Phi) is 6.65. The molecule has 1 aliphatic carbocycles. The first-order valence-corrected chi connectivity index (χ1v) is 12.6. The number of hydrogen-bond acceptors (Lipinski definition) is 5. The predicted molar refractivity (Wildman–Crippen MR) is 129 cm³/mol. The van der Waals surface area contributed by atoms with Crippen molar-refractivity contribution in [2.45, 2.75) is 38.1 Å². The van der Waals surface area contributed by atoms with Crippen LogP contribution in [0.5, 0.6) is 0 Å². The van der Waals surface area contributed by atoms with E-state index in [4.69, 9.17) is 0 Å². The SMILES string of the molecule is CCCC[n+]1ccn(C2=C(NS(=O)(=O)c3ccc(NC(C)=O)cc3)C(=O)c3ccccc3C2=O)c1. The van der Waals surface area contributed by atoms with E-state index in [0.29, 0.717) is 5.69 Å². The standard InChI is InChI=1S/C25H24N4O5S/c1-3-4-13-28-14-15-29(16-28)23-22(24(31)20-7-5-6-8-21(20)25(23)32)27-35(33,34)19-11-9-18(10-12-19)26-17(2)30/h5-12,14-16H,3-4,13H2,1-2H3,(H-,26,27,30,32)/p+1. The number of ketones is 2. The zero-order valence-electron chi connectivity index (χ0n) is 19.3. The molecule has 2 aromatic carbocycles. The molecule has 10 heteroatoms. The lowest BCUT2D eigenvalue weighted by Crippen LogP contribution is -2.36. The van der Waals surface area contributed by atoms with Crippen molar-refractivity contribution in [3.05, 3.63) is 84.1 Å². The summed E-state index contributed by atoms with van der Waals surface area (Å²) in [7, 11) is -4.23. The number of carbonyl (C=O) groups is 3. The number of aryl methyl sites for hydroxylation is 1. The van der Waals surface area contributed by atoms with Gasteiger partial charge in [-0.15, -0.1) is 0 Å².